The third-order valence-corrected chi connectivity index (χ3v) is 3.67. The molecule has 0 bridgehead atoms. The van der Waals surface area contributed by atoms with Crippen molar-refractivity contribution in [3.8, 4) is 0 Å². The van der Waals surface area contributed by atoms with Crippen LogP contribution in [0.4, 0.5) is 8.78 Å². The van der Waals surface area contributed by atoms with Crippen LogP contribution in [0.25, 0.3) is 0 Å². The summed E-state index contributed by atoms with van der Waals surface area (Å²) in [6.45, 7) is 3.46. The molecule has 0 radical (unpaired) electrons. The lowest BCUT2D eigenvalue weighted by molar-refractivity contribution is 0.553. The monoisotopic (exact) mass is 295 g/mol. The molecule has 0 fully saturated rings. The lowest BCUT2D eigenvalue weighted by atomic mass is 9.96. The van der Waals surface area contributed by atoms with Crippen molar-refractivity contribution in [2.45, 2.75) is 19.9 Å². The lowest BCUT2D eigenvalue weighted by Crippen LogP contribution is -2.20. The first-order chi connectivity index (χ1) is 9.43. The Balaban J connectivity index is 2.55. The van der Waals surface area contributed by atoms with Crippen molar-refractivity contribution in [1.29, 1.82) is 0 Å². The van der Waals surface area contributed by atoms with E-state index in [0.29, 0.717) is 5.02 Å². The van der Waals surface area contributed by atoms with Gasteiger partial charge < -0.3 is 5.32 Å². The van der Waals surface area contributed by atoms with Gasteiger partial charge in [0.15, 0.2) is 0 Å². The van der Waals surface area contributed by atoms with Crippen LogP contribution in [-0.4, -0.2) is 7.05 Å². The average molecular weight is 296 g/mol. The molecule has 0 heterocycles. The largest absolute Gasteiger partial charge is 0.309 e. The summed E-state index contributed by atoms with van der Waals surface area (Å²) in [5.41, 5.74) is 2.28. The van der Waals surface area contributed by atoms with Crippen LogP contribution in [-0.2, 0) is 0 Å². The van der Waals surface area contributed by atoms with E-state index in [-0.39, 0.29) is 11.1 Å². The standard InChI is InChI=1S/C16H16ClF2N/c1-9-4-5-11(13(17)6-9)16(20-3)12-8-14(18)10(2)7-15(12)19/h4-8,16,20H,1-3H3. The number of hydrogen-bond acceptors (Lipinski definition) is 1. The first kappa shape index (κ1) is 14.9. The lowest BCUT2D eigenvalue weighted by Gasteiger charge is -2.20. The Morgan fingerprint density at radius 2 is 1.70 bits per heavy atom. The van der Waals surface area contributed by atoms with Gasteiger partial charge in [-0.25, -0.2) is 8.78 Å². The molecule has 2 aromatic rings. The number of rotatable bonds is 3. The van der Waals surface area contributed by atoms with Gasteiger partial charge in [-0.2, -0.15) is 0 Å². The summed E-state index contributed by atoms with van der Waals surface area (Å²) < 4.78 is 27.8. The zero-order valence-electron chi connectivity index (χ0n) is 11.6. The van der Waals surface area contributed by atoms with Crippen LogP contribution in [0.15, 0.2) is 30.3 Å². The average Bonchev–Trinajstić information content (AvgIpc) is 2.38. The highest BCUT2D eigenvalue weighted by atomic mass is 35.5. The van der Waals surface area contributed by atoms with E-state index in [1.165, 1.54) is 19.1 Å². The molecular formula is C16H16ClF2N. The molecule has 0 saturated heterocycles. The molecule has 2 rings (SSSR count). The molecule has 0 aliphatic rings. The van der Waals surface area contributed by atoms with Gasteiger partial charge >= 0.3 is 0 Å². The Kier molecular flexibility index (Phi) is 4.41. The second-order valence-electron chi connectivity index (χ2n) is 4.87. The SMILES string of the molecule is CNC(c1cc(F)c(C)cc1F)c1ccc(C)cc1Cl. The van der Waals surface area contributed by atoms with Crippen LogP contribution >= 0.6 is 11.6 Å². The van der Waals surface area contributed by atoms with Gasteiger partial charge in [0.2, 0.25) is 0 Å². The predicted molar refractivity (Wildman–Crippen MR) is 78.2 cm³/mol. The van der Waals surface area contributed by atoms with E-state index in [0.717, 1.165) is 11.1 Å². The highest BCUT2D eigenvalue weighted by Crippen LogP contribution is 2.31. The van der Waals surface area contributed by atoms with Crippen molar-refractivity contribution in [2.75, 3.05) is 7.05 Å². The van der Waals surface area contributed by atoms with E-state index in [2.05, 4.69) is 5.32 Å². The van der Waals surface area contributed by atoms with Gasteiger partial charge in [-0.1, -0.05) is 23.7 Å². The van der Waals surface area contributed by atoms with Gasteiger partial charge in [0, 0.05) is 10.6 Å². The van der Waals surface area contributed by atoms with Crippen LogP contribution < -0.4 is 5.32 Å². The van der Waals surface area contributed by atoms with Gasteiger partial charge in [0.05, 0.1) is 6.04 Å². The smallest absolute Gasteiger partial charge is 0.128 e. The van der Waals surface area contributed by atoms with Gasteiger partial charge in [0.1, 0.15) is 11.6 Å². The molecule has 4 heteroatoms. The maximum atomic E-state index is 14.1. The Labute approximate surface area is 122 Å². The number of benzene rings is 2. The maximum Gasteiger partial charge on any atom is 0.128 e. The second kappa shape index (κ2) is 5.90. The van der Waals surface area contributed by atoms with Crippen molar-refractivity contribution < 1.29 is 8.78 Å². The third-order valence-electron chi connectivity index (χ3n) is 3.34. The fourth-order valence-corrected chi connectivity index (χ4v) is 2.57. The fourth-order valence-electron chi connectivity index (χ4n) is 2.23. The molecule has 1 N–H and O–H groups in total. The number of hydrogen-bond donors (Lipinski definition) is 1. The maximum absolute atomic E-state index is 14.1. The zero-order valence-corrected chi connectivity index (χ0v) is 12.4. The summed E-state index contributed by atoms with van der Waals surface area (Å²) in [6, 6.07) is 7.48. The van der Waals surface area contributed by atoms with Crippen LogP contribution in [0.1, 0.15) is 28.3 Å². The van der Waals surface area contributed by atoms with E-state index in [1.807, 2.05) is 25.1 Å². The molecule has 0 aliphatic heterocycles. The third kappa shape index (κ3) is 2.84. The molecule has 1 atom stereocenters. The Hall–Kier alpha value is -1.45. The van der Waals surface area contributed by atoms with E-state index in [9.17, 15) is 8.78 Å². The van der Waals surface area contributed by atoms with Gasteiger partial charge in [-0.05, 0) is 55.8 Å². The molecule has 20 heavy (non-hydrogen) atoms. The molecule has 1 nitrogen and oxygen atoms in total. The van der Waals surface area contributed by atoms with Crippen molar-refractivity contribution >= 4 is 11.6 Å². The summed E-state index contributed by atoms with van der Waals surface area (Å²) in [6.07, 6.45) is 0. The minimum Gasteiger partial charge on any atom is -0.309 e. The molecule has 1 unspecified atom stereocenters. The van der Waals surface area contributed by atoms with Gasteiger partial charge in [0.25, 0.3) is 0 Å². The Morgan fingerprint density at radius 1 is 1.00 bits per heavy atom. The normalized spacial score (nSPS) is 12.5. The first-order valence-corrected chi connectivity index (χ1v) is 6.70. The summed E-state index contributed by atoms with van der Waals surface area (Å²) in [5.74, 6) is -0.871. The second-order valence-corrected chi connectivity index (χ2v) is 5.28. The summed E-state index contributed by atoms with van der Waals surface area (Å²) in [5, 5.41) is 3.52. The van der Waals surface area contributed by atoms with Gasteiger partial charge in [-0.3, -0.25) is 0 Å². The van der Waals surface area contributed by atoms with Crippen molar-refractivity contribution in [3.05, 3.63) is 69.2 Å². The summed E-state index contributed by atoms with van der Waals surface area (Å²) in [4.78, 5) is 0. The Bertz CT molecular complexity index is 641. The quantitative estimate of drug-likeness (QED) is 0.876. The summed E-state index contributed by atoms with van der Waals surface area (Å²) in [7, 11) is 1.69. The molecule has 0 aliphatic carbocycles. The van der Waals surface area contributed by atoms with Crippen LogP contribution in [0, 0.1) is 25.5 Å². The highest BCUT2D eigenvalue weighted by molar-refractivity contribution is 6.31. The molecule has 0 aromatic heterocycles. The van der Waals surface area contributed by atoms with E-state index >= 15 is 0 Å². The highest BCUT2D eigenvalue weighted by Gasteiger charge is 2.20. The van der Waals surface area contributed by atoms with Crippen LogP contribution in [0.5, 0.6) is 0 Å². The van der Waals surface area contributed by atoms with Crippen molar-refractivity contribution in [3.63, 3.8) is 0 Å². The minimum absolute atomic E-state index is 0.251. The zero-order chi connectivity index (χ0) is 14.9. The predicted octanol–water partition coefficient (Wildman–Crippen LogP) is 4.54. The Morgan fingerprint density at radius 3 is 2.30 bits per heavy atom. The first-order valence-electron chi connectivity index (χ1n) is 6.33. The number of halogens is 3. The van der Waals surface area contributed by atoms with E-state index in [1.54, 1.807) is 7.05 Å². The molecular weight excluding hydrogens is 280 g/mol. The molecule has 106 valence electrons. The van der Waals surface area contributed by atoms with Crippen molar-refractivity contribution in [1.82, 2.24) is 5.32 Å². The van der Waals surface area contributed by atoms with E-state index in [4.69, 9.17) is 11.6 Å². The van der Waals surface area contributed by atoms with E-state index < -0.39 is 17.7 Å². The van der Waals surface area contributed by atoms with Crippen LogP contribution in [0.2, 0.25) is 5.02 Å². The molecule has 0 saturated carbocycles. The number of aryl methyl sites for hydroxylation is 2. The van der Waals surface area contributed by atoms with Crippen molar-refractivity contribution in [2.24, 2.45) is 0 Å². The number of nitrogens with one attached hydrogen (secondary N) is 1. The molecule has 0 spiro atoms. The topological polar surface area (TPSA) is 12.0 Å². The minimum atomic E-state index is -0.488. The summed E-state index contributed by atoms with van der Waals surface area (Å²) >= 11 is 6.22. The molecule has 2 aromatic carbocycles. The van der Waals surface area contributed by atoms with Gasteiger partial charge in [-0.15, -0.1) is 0 Å². The fraction of sp³-hybridized carbons (Fsp3) is 0.250. The molecule has 0 amide bonds. The van der Waals surface area contributed by atoms with Crippen LogP contribution in [0.3, 0.4) is 0 Å².